The number of carboxylic acids is 1. The van der Waals surface area contributed by atoms with Crippen molar-refractivity contribution in [1.82, 2.24) is 5.09 Å². The van der Waals surface area contributed by atoms with Crippen LogP contribution < -0.4 is 9.61 Å². The normalized spacial score (nSPS) is 14.6. The molecule has 2 aromatic carbocycles. The Morgan fingerprint density at radius 3 is 2.33 bits per heavy atom. The summed E-state index contributed by atoms with van der Waals surface area (Å²) in [6.45, 7) is -4.03. The van der Waals surface area contributed by atoms with Crippen LogP contribution in [0.25, 0.3) is 0 Å². The molecule has 128 valence electrons. The van der Waals surface area contributed by atoms with Crippen molar-refractivity contribution in [3.63, 3.8) is 0 Å². The fourth-order valence-corrected chi connectivity index (χ4v) is 3.59. The zero-order valence-corrected chi connectivity index (χ0v) is 13.8. The number of carboxylic acid groups (broad SMARTS) is 1. The molecule has 2 rings (SSSR count). The standard InChI is InChI=1S/C15H13ClF2NO4P/c16-24(22,23-13-4-2-1-3-5-13)19-14(15(20)21)8-10-6-11(17)9-12(18)7-10/h1-7,9,14H,8H2,(H,19,22)(H,20,21)/t14-,24?/m0/s1. The van der Waals surface area contributed by atoms with Crippen LogP contribution in [0.3, 0.4) is 0 Å². The molecule has 0 aliphatic carbocycles. The Hall–Kier alpha value is -1.95. The van der Waals surface area contributed by atoms with E-state index in [9.17, 15) is 23.2 Å². The SMILES string of the molecule is O=C(O)[C@H](Cc1cc(F)cc(F)c1)NP(=O)(Cl)Oc1ccccc1. The summed E-state index contributed by atoms with van der Waals surface area (Å²) >= 11 is 5.75. The molecule has 0 saturated carbocycles. The molecule has 0 fully saturated rings. The van der Waals surface area contributed by atoms with Gasteiger partial charge in [0.2, 0.25) is 0 Å². The second kappa shape index (κ2) is 7.75. The number of carbonyl (C=O) groups is 1. The first-order valence-electron chi connectivity index (χ1n) is 6.75. The summed E-state index contributed by atoms with van der Waals surface area (Å²) in [6.07, 6.45) is -0.334. The number of halogens is 3. The Morgan fingerprint density at radius 2 is 1.79 bits per heavy atom. The Morgan fingerprint density at radius 1 is 1.21 bits per heavy atom. The van der Waals surface area contributed by atoms with Gasteiger partial charge in [0.15, 0.2) is 0 Å². The zero-order chi connectivity index (χ0) is 17.7. The van der Waals surface area contributed by atoms with Gasteiger partial charge in [-0.3, -0.25) is 4.79 Å². The largest absolute Gasteiger partial charge is 0.480 e. The summed E-state index contributed by atoms with van der Waals surface area (Å²) < 4.78 is 43.7. The molecule has 0 aromatic heterocycles. The lowest BCUT2D eigenvalue weighted by molar-refractivity contribution is -0.139. The molecule has 2 N–H and O–H groups in total. The second-order valence-electron chi connectivity index (χ2n) is 4.89. The van der Waals surface area contributed by atoms with E-state index in [2.05, 4.69) is 5.09 Å². The van der Waals surface area contributed by atoms with E-state index in [-0.39, 0.29) is 17.7 Å². The molecule has 5 nitrogen and oxygen atoms in total. The van der Waals surface area contributed by atoms with E-state index < -0.39 is 30.5 Å². The lowest BCUT2D eigenvalue weighted by Crippen LogP contribution is -2.36. The number of nitrogens with one attached hydrogen (secondary N) is 1. The summed E-state index contributed by atoms with van der Waals surface area (Å²) in [4.78, 5) is 11.3. The highest BCUT2D eigenvalue weighted by atomic mass is 35.7. The Kier molecular flexibility index (Phi) is 5.94. The minimum absolute atomic E-state index is 0.0729. The fourth-order valence-electron chi connectivity index (χ4n) is 1.98. The highest BCUT2D eigenvalue weighted by Crippen LogP contribution is 2.48. The molecule has 0 heterocycles. The van der Waals surface area contributed by atoms with Crippen LogP contribution in [0.4, 0.5) is 8.78 Å². The molecule has 2 aromatic rings. The summed E-state index contributed by atoms with van der Waals surface area (Å²) in [6, 6.07) is 9.11. The molecule has 0 aliphatic rings. The van der Waals surface area contributed by atoms with Crippen LogP contribution in [0.1, 0.15) is 5.56 Å². The molecular weight excluding hydrogens is 363 g/mol. The van der Waals surface area contributed by atoms with Gasteiger partial charge in [-0.2, -0.15) is 0 Å². The lowest BCUT2D eigenvalue weighted by Gasteiger charge is -2.19. The molecule has 24 heavy (non-hydrogen) atoms. The fraction of sp³-hybridized carbons (Fsp3) is 0.133. The van der Waals surface area contributed by atoms with E-state index in [1.165, 1.54) is 12.1 Å². The van der Waals surface area contributed by atoms with Crippen molar-refractivity contribution in [2.75, 3.05) is 0 Å². The van der Waals surface area contributed by atoms with E-state index in [4.69, 9.17) is 15.8 Å². The predicted molar refractivity (Wildman–Crippen MR) is 85.2 cm³/mol. The van der Waals surface area contributed by atoms with Crippen LogP contribution in [-0.4, -0.2) is 17.1 Å². The molecule has 0 aliphatic heterocycles. The number of hydrogen-bond donors (Lipinski definition) is 2. The van der Waals surface area contributed by atoms with E-state index in [0.717, 1.165) is 12.1 Å². The third-order valence-electron chi connectivity index (χ3n) is 2.94. The summed E-state index contributed by atoms with van der Waals surface area (Å²) in [7, 11) is 0. The van der Waals surface area contributed by atoms with Crippen LogP contribution in [0, 0.1) is 11.6 Å². The number of para-hydroxylation sites is 1. The van der Waals surface area contributed by atoms with Crippen LogP contribution >= 0.6 is 18.1 Å². The van der Waals surface area contributed by atoms with Crippen molar-refractivity contribution >= 4 is 24.1 Å². The van der Waals surface area contributed by atoms with E-state index in [0.29, 0.717) is 6.07 Å². The maximum Gasteiger partial charge on any atom is 0.409 e. The average molecular weight is 376 g/mol. The van der Waals surface area contributed by atoms with Crippen molar-refractivity contribution < 1.29 is 27.8 Å². The van der Waals surface area contributed by atoms with Crippen molar-refractivity contribution in [1.29, 1.82) is 0 Å². The lowest BCUT2D eigenvalue weighted by atomic mass is 10.1. The van der Waals surface area contributed by atoms with Gasteiger partial charge in [-0.25, -0.2) is 18.4 Å². The third kappa shape index (κ3) is 5.60. The molecule has 0 radical (unpaired) electrons. The highest BCUT2D eigenvalue weighted by molar-refractivity contribution is 7.84. The van der Waals surface area contributed by atoms with Gasteiger partial charge in [0.25, 0.3) is 0 Å². The van der Waals surface area contributed by atoms with Gasteiger partial charge in [-0.05, 0) is 36.2 Å². The first-order valence-corrected chi connectivity index (χ1v) is 9.28. The van der Waals surface area contributed by atoms with Crippen molar-refractivity contribution in [3.05, 3.63) is 65.7 Å². The van der Waals surface area contributed by atoms with Crippen LogP contribution in [0.5, 0.6) is 5.75 Å². The van der Waals surface area contributed by atoms with E-state index >= 15 is 0 Å². The Labute approximate surface area is 141 Å². The topological polar surface area (TPSA) is 75.6 Å². The van der Waals surface area contributed by atoms with Crippen molar-refractivity contribution in [2.24, 2.45) is 0 Å². The smallest absolute Gasteiger partial charge is 0.409 e. The number of rotatable bonds is 7. The van der Waals surface area contributed by atoms with Crippen LogP contribution in [0.2, 0.25) is 0 Å². The van der Waals surface area contributed by atoms with Gasteiger partial charge in [0.05, 0.1) is 0 Å². The monoisotopic (exact) mass is 375 g/mol. The first kappa shape index (κ1) is 18.4. The molecule has 1 unspecified atom stereocenters. The predicted octanol–water partition coefficient (Wildman–Crippen LogP) is 3.98. The summed E-state index contributed by atoms with van der Waals surface area (Å²) in [5.74, 6) is -2.89. The minimum atomic E-state index is -4.03. The molecule has 0 amide bonds. The highest BCUT2D eigenvalue weighted by Gasteiger charge is 2.30. The van der Waals surface area contributed by atoms with Gasteiger partial charge < -0.3 is 9.63 Å². The van der Waals surface area contributed by atoms with Gasteiger partial charge in [0.1, 0.15) is 23.4 Å². The van der Waals surface area contributed by atoms with Crippen molar-refractivity contribution in [2.45, 2.75) is 12.5 Å². The first-order chi connectivity index (χ1) is 11.2. The third-order valence-corrected chi connectivity index (χ3v) is 4.50. The molecular formula is C15H13ClF2NO4P. The van der Waals surface area contributed by atoms with Gasteiger partial charge in [0, 0.05) is 17.3 Å². The summed E-state index contributed by atoms with van der Waals surface area (Å²) in [5, 5.41) is 11.4. The van der Waals surface area contributed by atoms with Gasteiger partial charge >= 0.3 is 12.8 Å². The van der Waals surface area contributed by atoms with E-state index in [1.54, 1.807) is 18.2 Å². The van der Waals surface area contributed by atoms with E-state index in [1.807, 2.05) is 0 Å². The second-order valence-corrected chi connectivity index (χ2v) is 7.62. The van der Waals surface area contributed by atoms with Gasteiger partial charge in [-0.1, -0.05) is 18.2 Å². The zero-order valence-electron chi connectivity index (χ0n) is 12.2. The molecule has 0 bridgehead atoms. The number of benzene rings is 2. The van der Waals surface area contributed by atoms with Crippen LogP contribution in [0.15, 0.2) is 48.5 Å². The van der Waals surface area contributed by atoms with Crippen molar-refractivity contribution in [3.8, 4) is 5.75 Å². The number of aliphatic carboxylic acids is 1. The molecule has 9 heteroatoms. The molecule has 2 atom stereocenters. The number of hydrogen-bond acceptors (Lipinski definition) is 3. The maximum absolute atomic E-state index is 13.2. The van der Waals surface area contributed by atoms with Gasteiger partial charge in [-0.15, -0.1) is 0 Å². The quantitative estimate of drug-likeness (QED) is 0.716. The average Bonchev–Trinajstić information content (AvgIpc) is 2.45. The Bertz CT molecular complexity index is 755. The molecule has 0 spiro atoms. The Balaban J connectivity index is 2.12. The summed E-state index contributed by atoms with van der Waals surface area (Å²) in [5.41, 5.74) is 0.0729. The maximum atomic E-state index is 13.2. The molecule has 0 saturated heterocycles. The van der Waals surface area contributed by atoms with Crippen LogP contribution in [-0.2, 0) is 15.8 Å². The minimum Gasteiger partial charge on any atom is -0.480 e.